The van der Waals surface area contributed by atoms with Gasteiger partial charge in [0.2, 0.25) is 5.91 Å². The second-order valence-corrected chi connectivity index (χ2v) is 9.43. The molecule has 5 nitrogen and oxygen atoms in total. The van der Waals surface area contributed by atoms with Crippen LogP contribution in [0.4, 0.5) is 28.9 Å². The van der Waals surface area contributed by atoms with Crippen LogP contribution in [0.5, 0.6) is 0 Å². The van der Waals surface area contributed by atoms with Gasteiger partial charge in [-0.1, -0.05) is 35.3 Å². The molecule has 1 heterocycles. The van der Waals surface area contributed by atoms with Crippen molar-refractivity contribution in [3.8, 4) is 11.1 Å². The third-order valence-electron chi connectivity index (χ3n) is 6.32. The molecule has 3 aromatic carbocycles. The van der Waals surface area contributed by atoms with E-state index in [1.807, 2.05) is 0 Å². The first-order chi connectivity index (χ1) is 17.4. The van der Waals surface area contributed by atoms with Crippen LogP contribution >= 0.6 is 23.2 Å². The van der Waals surface area contributed by atoms with Crippen molar-refractivity contribution < 1.29 is 27.2 Å². The van der Waals surface area contributed by atoms with Gasteiger partial charge in [-0.2, -0.15) is 13.2 Å². The predicted molar refractivity (Wildman–Crippen MR) is 136 cm³/mol. The second-order valence-electron chi connectivity index (χ2n) is 8.62. The molecule has 1 atom stereocenters. The molecule has 0 aromatic heterocycles. The van der Waals surface area contributed by atoms with Gasteiger partial charge in [-0.25, -0.2) is 4.39 Å². The second kappa shape index (κ2) is 10.2. The minimum atomic E-state index is -4.52. The summed E-state index contributed by atoms with van der Waals surface area (Å²) in [4.78, 5) is 27.2. The number of hydrogen-bond donors (Lipinski definition) is 1. The van der Waals surface area contributed by atoms with Gasteiger partial charge in [0.15, 0.2) is 0 Å². The first kappa shape index (κ1) is 26.8. The molecule has 1 fully saturated rings. The molecule has 0 saturated carbocycles. The van der Waals surface area contributed by atoms with Crippen molar-refractivity contribution >= 4 is 46.4 Å². The van der Waals surface area contributed by atoms with Crippen molar-refractivity contribution in [2.75, 3.05) is 23.4 Å². The first-order valence-corrected chi connectivity index (χ1v) is 11.9. The van der Waals surface area contributed by atoms with Gasteiger partial charge < -0.3 is 15.5 Å². The van der Waals surface area contributed by atoms with Gasteiger partial charge in [0.25, 0.3) is 5.91 Å². The number of amides is 2. The number of nitrogens with two attached hydrogens (primary N) is 1. The summed E-state index contributed by atoms with van der Waals surface area (Å²) in [6, 6.07) is 10.8. The van der Waals surface area contributed by atoms with Crippen molar-refractivity contribution in [2.45, 2.75) is 25.1 Å². The van der Waals surface area contributed by atoms with Gasteiger partial charge in [0.05, 0.1) is 22.0 Å². The lowest BCUT2D eigenvalue weighted by atomic mass is 10.00. The Morgan fingerprint density at radius 1 is 1.05 bits per heavy atom. The van der Waals surface area contributed by atoms with Crippen LogP contribution < -0.4 is 15.5 Å². The van der Waals surface area contributed by atoms with Crippen LogP contribution in [0, 0.1) is 5.82 Å². The van der Waals surface area contributed by atoms with Crippen LogP contribution in [0.15, 0.2) is 54.6 Å². The molecule has 2 amide bonds. The highest BCUT2D eigenvalue weighted by atomic mass is 35.5. The average Bonchev–Trinajstić information content (AvgIpc) is 3.34. The largest absolute Gasteiger partial charge is 0.408 e. The summed E-state index contributed by atoms with van der Waals surface area (Å²) in [7, 11) is 1.34. The maximum Gasteiger partial charge on any atom is 0.408 e. The van der Waals surface area contributed by atoms with E-state index in [4.69, 9.17) is 28.9 Å². The lowest BCUT2D eigenvalue weighted by Gasteiger charge is -2.33. The molecule has 0 radical (unpaired) electrons. The lowest BCUT2D eigenvalue weighted by molar-refractivity contribution is -0.145. The van der Waals surface area contributed by atoms with E-state index in [0.717, 1.165) is 11.0 Å². The molecule has 1 aliphatic rings. The van der Waals surface area contributed by atoms with Gasteiger partial charge in [-0.15, -0.1) is 0 Å². The number of anilines is 2. The smallest absolute Gasteiger partial charge is 0.366 e. The third kappa shape index (κ3) is 5.24. The average molecular weight is 554 g/mol. The van der Waals surface area contributed by atoms with E-state index in [-0.39, 0.29) is 46.4 Å². The number of nitrogens with zero attached hydrogens (tertiary/aromatic N) is 2. The zero-order chi connectivity index (χ0) is 27.1. The highest BCUT2D eigenvalue weighted by molar-refractivity contribution is 6.35. The Bertz CT molecular complexity index is 1360. The summed E-state index contributed by atoms with van der Waals surface area (Å²) in [5.74, 6) is -2.38. The van der Waals surface area contributed by atoms with E-state index in [9.17, 15) is 27.2 Å². The fraction of sp³-hybridized carbons (Fsp3) is 0.231. The van der Waals surface area contributed by atoms with E-state index < -0.39 is 35.4 Å². The van der Waals surface area contributed by atoms with Crippen molar-refractivity contribution in [1.82, 2.24) is 0 Å². The number of alkyl halides is 3. The summed E-state index contributed by atoms with van der Waals surface area (Å²) in [6.45, 7) is 0.0815. The van der Waals surface area contributed by atoms with Gasteiger partial charge in [-0.3, -0.25) is 9.59 Å². The number of primary amides is 1. The SMILES string of the molecule is CN(C(=O)c1c(F)cccc1Cl)c1ccc(-c2cc(C(N)=O)ccc2Cl)cc1N1CCCC1C(F)(F)F. The quantitative estimate of drug-likeness (QED) is 0.357. The molecular formula is C26H21Cl2F4N3O2. The Kier molecular flexibility index (Phi) is 7.39. The van der Waals surface area contributed by atoms with Crippen LogP contribution in [0.3, 0.4) is 0 Å². The Labute approximate surface area is 220 Å². The van der Waals surface area contributed by atoms with Crippen molar-refractivity contribution in [3.63, 3.8) is 0 Å². The number of benzene rings is 3. The lowest BCUT2D eigenvalue weighted by Crippen LogP contribution is -2.42. The fourth-order valence-corrected chi connectivity index (χ4v) is 4.95. The van der Waals surface area contributed by atoms with Crippen molar-refractivity contribution in [3.05, 3.63) is 81.6 Å². The number of hydrogen-bond acceptors (Lipinski definition) is 3. The molecule has 1 saturated heterocycles. The van der Waals surface area contributed by atoms with Gasteiger partial charge in [0.1, 0.15) is 11.9 Å². The summed E-state index contributed by atoms with van der Waals surface area (Å²) in [5.41, 5.74) is 6.15. The summed E-state index contributed by atoms with van der Waals surface area (Å²) >= 11 is 12.4. The maximum absolute atomic E-state index is 14.5. The molecule has 1 aliphatic heterocycles. The fourth-order valence-electron chi connectivity index (χ4n) is 4.48. The minimum Gasteiger partial charge on any atom is -0.366 e. The first-order valence-electron chi connectivity index (χ1n) is 11.2. The Morgan fingerprint density at radius 3 is 2.43 bits per heavy atom. The molecule has 194 valence electrons. The van der Waals surface area contributed by atoms with Crippen molar-refractivity contribution in [1.29, 1.82) is 0 Å². The van der Waals surface area contributed by atoms with Crippen LogP contribution in [0.1, 0.15) is 33.6 Å². The topological polar surface area (TPSA) is 66.6 Å². The van der Waals surface area contributed by atoms with E-state index in [0.29, 0.717) is 11.1 Å². The highest BCUT2D eigenvalue weighted by Gasteiger charge is 2.46. The van der Waals surface area contributed by atoms with Crippen LogP contribution in [0.2, 0.25) is 10.0 Å². The van der Waals surface area contributed by atoms with Crippen molar-refractivity contribution in [2.24, 2.45) is 5.73 Å². The predicted octanol–water partition coefficient (Wildman–Crippen LogP) is 6.71. The van der Waals surface area contributed by atoms with Gasteiger partial charge in [-0.05, 0) is 60.9 Å². The monoisotopic (exact) mass is 553 g/mol. The standard InChI is InChI=1S/C26H21Cl2F4N3O2/c1-34(25(37)23-18(28)4-2-5-19(23)29)20-10-8-14(16-12-15(24(33)36)7-9-17(16)27)13-21(20)35-11-3-6-22(35)26(30,31)32/h2,4-5,7-10,12-13,22H,3,6,11H2,1H3,(H2,33,36). The Balaban J connectivity index is 1.88. The molecule has 2 N–H and O–H groups in total. The molecule has 0 bridgehead atoms. The Hall–Kier alpha value is -3.30. The van der Waals surface area contributed by atoms with E-state index in [1.54, 1.807) is 6.07 Å². The van der Waals surface area contributed by atoms with Crippen LogP contribution in [0.25, 0.3) is 11.1 Å². The summed E-state index contributed by atoms with van der Waals surface area (Å²) < 4.78 is 56.3. The van der Waals surface area contributed by atoms with E-state index in [1.165, 1.54) is 54.4 Å². The van der Waals surface area contributed by atoms with E-state index in [2.05, 4.69) is 0 Å². The zero-order valence-electron chi connectivity index (χ0n) is 19.5. The summed E-state index contributed by atoms with van der Waals surface area (Å²) in [5, 5.41) is 0.125. The third-order valence-corrected chi connectivity index (χ3v) is 6.96. The number of carbonyl (C=O) groups is 2. The molecular weight excluding hydrogens is 533 g/mol. The number of rotatable bonds is 5. The highest BCUT2D eigenvalue weighted by Crippen LogP contribution is 2.43. The number of halogens is 6. The molecule has 1 unspecified atom stereocenters. The molecule has 37 heavy (non-hydrogen) atoms. The molecule has 0 aliphatic carbocycles. The zero-order valence-corrected chi connectivity index (χ0v) is 21.0. The van der Waals surface area contributed by atoms with Gasteiger partial charge >= 0.3 is 6.18 Å². The van der Waals surface area contributed by atoms with Crippen LogP contribution in [-0.4, -0.2) is 37.6 Å². The van der Waals surface area contributed by atoms with E-state index >= 15 is 0 Å². The minimum absolute atomic E-state index is 0.0815. The Morgan fingerprint density at radius 2 is 1.78 bits per heavy atom. The molecule has 3 aromatic rings. The summed E-state index contributed by atoms with van der Waals surface area (Å²) in [6.07, 6.45) is -4.37. The van der Waals surface area contributed by atoms with Crippen LogP contribution in [-0.2, 0) is 0 Å². The molecule has 11 heteroatoms. The molecule has 4 rings (SSSR count). The maximum atomic E-state index is 14.5. The van der Waals surface area contributed by atoms with Gasteiger partial charge in [0, 0.05) is 29.7 Å². The molecule has 0 spiro atoms. The normalized spacial score (nSPS) is 15.6. The number of carbonyl (C=O) groups excluding carboxylic acids is 2.